The normalized spacial score (nSPS) is 10.8. The third kappa shape index (κ3) is 3.08. The van der Waals surface area contributed by atoms with Crippen LogP contribution in [0, 0.1) is 20.8 Å². The van der Waals surface area contributed by atoms with Crippen molar-refractivity contribution in [3.05, 3.63) is 47.3 Å². The molecule has 0 unspecified atom stereocenters. The van der Waals surface area contributed by atoms with E-state index >= 15 is 0 Å². The number of nitrogens with one attached hydrogen (secondary N) is 1. The van der Waals surface area contributed by atoms with Crippen molar-refractivity contribution >= 4 is 28.4 Å². The van der Waals surface area contributed by atoms with Gasteiger partial charge in [0.05, 0.1) is 0 Å². The maximum absolute atomic E-state index is 4.67. The van der Waals surface area contributed by atoms with Crippen LogP contribution in [0.25, 0.3) is 10.9 Å². The summed E-state index contributed by atoms with van der Waals surface area (Å²) in [4.78, 5) is 15.7. The molecule has 23 heavy (non-hydrogen) atoms. The average molecular weight is 307 g/mol. The largest absolute Gasteiger partial charge is 0.361 e. The first-order valence-corrected chi connectivity index (χ1v) is 7.60. The Morgan fingerprint density at radius 2 is 1.78 bits per heavy atom. The predicted molar refractivity (Wildman–Crippen MR) is 95.6 cm³/mol. The lowest BCUT2D eigenvalue weighted by Gasteiger charge is -2.15. The summed E-state index contributed by atoms with van der Waals surface area (Å²) in [6.45, 7) is 6.14. The molecular formula is C18H21N5. The molecule has 0 aliphatic heterocycles. The Labute approximate surface area is 136 Å². The molecule has 1 aromatic carbocycles. The first-order valence-electron chi connectivity index (χ1n) is 7.60. The minimum Gasteiger partial charge on any atom is -0.361 e. The highest BCUT2D eigenvalue weighted by atomic mass is 15.2. The van der Waals surface area contributed by atoms with Crippen molar-refractivity contribution in [1.29, 1.82) is 0 Å². The van der Waals surface area contributed by atoms with Crippen LogP contribution in [0.1, 0.15) is 16.8 Å². The number of anilines is 3. The second-order valence-corrected chi connectivity index (χ2v) is 6.06. The number of aryl methyl sites for hydroxylation is 3. The number of nitrogens with zero attached hydrogens (tertiary/aromatic N) is 4. The van der Waals surface area contributed by atoms with E-state index in [0.29, 0.717) is 5.95 Å². The third-order valence-corrected chi connectivity index (χ3v) is 3.73. The fraction of sp³-hybridized carbons (Fsp3) is 0.278. The summed E-state index contributed by atoms with van der Waals surface area (Å²) in [5, 5.41) is 4.30. The lowest BCUT2D eigenvalue weighted by Crippen LogP contribution is -2.12. The molecule has 0 bridgehead atoms. The van der Waals surface area contributed by atoms with Gasteiger partial charge in [0, 0.05) is 37.1 Å². The molecule has 2 aromatic heterocycles. The monoisotopic (exact) mass is 307 g/mol. The number of rotatable bonds is 3. The molecule has 0 spiro atoms. The van der Waals surface area contributed by atoms with Crippen LogP contribution in [0.3, 0.4) is 0 Å². The van der Waals surface area contributed by atoms with Gasteiger partial charge in [-0.2, -0.15) is 0 Å². The van der Waals surface area contributed by atoms with Crippen molar-refractivity contribution in [2.45, 2.75) is 20.8 Å². The Kier molecular flexibility index (Phi) is 3.86. The average Bonchev–Trinajstić information content (AvgIpc) is 2.49. The van der Waals surface area contributed by atoms with Gasteiger partial charge in [-0.05, 0) is 38.5 Å². The Hall–Kier alpha value is -2.69. The fourth-order valence-electron chi connectivity index (χ4n) is 2.60. The molecule has 0 fully saturated rings. The quantitative estimate of drug-likeness (QED) is 0.798. The summed E-state index contributed by atoms with van der Waals surface area (Å²) in [6.07, 6.45) is 1.84. The molecule has 0 saturated heterocycles. The van der Waals surface area contributed by atoms with Gasteiger partial charge in [0.15, 0.2) is 5.82 Å². The second kappa shape index (κ2) is 5.83. The number of benzene rings is 1. The molecule has 118 valence electrons. The van der Waals surface area contributed by atoms with Crippen LogP contribution in [-0.2, 0) is 0 Å². The zero-order valence-electron chi connectivity index (χ0n) is 14.2. The molecule has 0 atom stereocenters. The van der Waals surface area contributed by atoms with Crippen LogP contribution >= 0.6 is 0 Å². The lowest BCUT2D eigenvalue weighted by molar-refractivity contribution is 1.05. The zero-order valence-corrected chi connectivity index (χ0v) is 14.2. The lowest BCUT2D eigenvalue weighted by atomic mass is 10.1. The van der Waals surface area contributed by atoms with Gasteiger partial charge in [-0.1, -0.05) is 17.7 Å². The van der Waals surface area contributed by atoms with Crippen molar-refractivity contribution in [3.63, 3.8) is 0 Å². The summed E-state index contributed by atoms with van der Waals surface area (Å²) in [5.74, 6) is 1.43. The molecule has 5 nitrogen and oxygen atoms in total. The summed E-state index contributed by atoms with van der Waals surface area (Å²) in [7, 11) is 3.95. The highest BCUT2D eigenvalue weighted by Gasteiger charge is 2.10. The molecule has 5 heteroatoms. The van der Waals surface area contributed by atoms with Gasteiger partial charge in [-0.3, -0.25) is 0 Å². The van der Waals surface area contributed by atoms with Crippen LogP contribution in [0.2, 0.25) is 0 Å². The van der Waals surface area contributed by atoms with Crippen molar-refractivity contribution in [2.24, 2.45) is 0 Å². The van der Waals surface area contributed by atoms with E-state index < -0.39 is 0 Å². The van der Waals surface area contributed by atoms with Crippen molar-refractivity contribution in [1.82, 2.24) is 15.0 Å². The smallest absolute Gasteiger partial charge is 0.227 e. The van der Waals surface area contributed by atoms with E-state index in [9.17, 15) is 0 Å². The maximum atomic E-state index is 4.67. The van der Waals surface area contributed by atoms with E-state index in [1.165, 1.54) is 11.1 Å². The molecule has 2 heterocycles. The Morgan fingerprint density at radius 1 is 1.00 bits per heavy atom. The summed E-state index contributed by atoms with van der Waals surface area (Å²) in [6, 6.07) is 8.27. The van der Waals surface area contributed by atoms with Crippen LogP contribution in [0.4, 0.5) is 17.5 Å². The maximum Gasteiger partial charge on any atom is 0.227 e. The van der Waals surface area contributed by atoms with Crippen LogP contribution in [0.15, 0.2) is 30.5 Å². The van der Waals surface area contributed by atoms with Gasteiger partial charge < -0.3 is 10.2 Å². The van der Waals surface area contributed by atoms with Gasteiger partial charge in [-0.25, -0.2) is 15.0 Å². The Bertz CT molecular complexity index is 871. The van der Waals surface area contributed by atoms with E-state index in [1.54, 1.807) is 0 Å². The number of aromatic nitrogens is 3. The number of fused-ring (bicyclic) bond motifs is 1. The molecular weight excluding hydrogens is 286 g/mol. The first kappa shape index (κ1) is 15.2. The van der Waals surface area contributed by atoms with Gasteiger partial charge in [0.25, 0.3) is 0 Å². The van der Waals surface area contributed by atoms with E-state index in [0.717, 1.165) is 28.1 Å². The minimum absolute atomic E-state index is 0.582. The number of hydrogen-bond donors (Lipinski definition) is 1. The van der Waals surface area contributed by atoms with Gasteiger partial charge in [-0.15, -0.1) is 0 Å². The van der Waals surface area contributed by atoms with E-state index in [2.05, 4.69) is 52.3 Å². The highest BCUT2D eigenvalue weighted by Crippen LogP contribution is 2.25. The molecule has 0 radical (unpaired) electrons. The van der Waals surface area contributed by atoms with Crippen molar-refractivity contribution in [2.75, 3.05) is 24.3 Å². The molecule has 0 aliphatic rings. The van der Waals surface area contributed by atoms with E-state index in [4.69, 9.17) is 0 Å². The Morgan fingerprint density at radius 3 is 2.48 bits per heavy atom. The number of hydrogen-bond acceptors (Lipinski definition) is 5. The van der Waals surface area contributed by atoms with Crippen molar-refractivity contribution in [3.8, 4) is 0 Å². The zero-order chi connectivity index (χ0) is 16.6. The molecule has 0 saturated carbocycles. The van der Waals surface area contributed by atoms with Crippen LogP contribution in [0.5, 0.6) is 0 Å². The van der Waals surface area contributed by atoms with E-state index in [1.807, 2.05) is 38.2 Å². The molecule has 0 amide bonds. The second-order valence-electron chi connectivity index (χ2n) is 6.06. The minimum atomic E-state index is 0.582. The van der Waals surface area contributed by atoms with Gasteiger partial charge in [0.2, 0.25) is 5.95 Å². The standard InChI is InChI=1S/C18H21N5/c1-11-6-7-15(12(2)8-11)21-18-19-10-14-9-13(3)20-17(23(4)5)16(14)22-18/h6-10H,1-5H3,(H,19,21,22). The van der Waals surface area contributed by atoms with Crippen LogP contribution in [-0.4, -0.2) is 29.0 Å². The summed E-state index contributed by atoms with van der Waals surface area (Å²) in [5.41, 5.74) is 5.23. The Balaban J connectivity index is 2.05. The first-order chi connectivity index (χ1) is 10.9. The summed E-state index contributed by atoms with van der Waals surface area (Å²) >= 11 is 0. The van der Waals surface area contributed by atoms with Crippen LogP contribution < -0.4 is 10.2 Å². The molecule has 3 rings (SSSR count). The molecule has 0 aliphatic carbocycles. The predicted octanol–water partition coefficient (Wildman–Crippen LogP) is 3.76. The number of pyridine rings is 1. The third-order valence-electron chi connectivity index (χ3n) is 3.73. The van der Waals surface area contributed by atoms with Crippen molar-refractivity contribution < 1.29 is 0 Å². The topological polar surface area (TPSA) is 53.9 Å². The van der Waals surface area contributed by atoms with Gasteiger partial charge >= 0.3 is 0 Å². The SMILES string of the molecule is Cc1ccc(Nc2ncc3cc(C)nc(N(C)C)c3n2)c(C)c1. The highest BCUT2D eigenvalue weighted by molar-refractivity contribution is 5.89. The van der Waals surface area contributed by atoms with Gasteiger partial charge in [0.1, 0.15) is 5.52 Å². The molecule has 3 aromatic rings. The van der Waals surface area contributed by atoms with E-state index in [-0.39, 0.29) is 0 Å². The fourth-order valence-corrected chi connectivity index (χ4v) is 2.60. The summed E-state index contributed by atoms with van der Waals surface area (Å²) < 4.78 is 0. The molecule has 1 N–H and O–H groups in total.